The van der Waals surface area contributed by atoms with Crippen LogP contribution in [0, 0.1) is 0 Å². The van der Waals surface area contributed by atoms with E-state index in [4.69, 9.17) is 5.73 Å². The molecule has 2 aliphatic rings. The molecule has 17 heavy (non-hydrogen) atoms. The molecule has 1 aliphatic carbocycles. The number of fused-ring (bicyclic) bond motifs is 1. The fraction of sp³-hybridized carbons (Fsp3) is 0.600. The molecule has 1 aromatic rings. The van der Waals surface area contributed by atoms with Gasteiger partial charge in [0.1, 0.15) is 0 Å². The third-order valence-electron chi connectivity index (χ3n) is 4.69. The van der Waals surface area contributed by atoms with E-state index in [0.29, 0.717) is 5.41 Å². The van der Waals surface area contributed by atoms with Gasteiger partial charge < -0.3 is 10.6 Å². The van der Waals surface area contributed by atoms with Crippen molar-refractivity contribution in [3.63, 3.8) is 0 Å². The number of nitrogens with zero attached hydrogens (tertiary/aromatic N) is 1. The van der Waals surface area contributed by atoms with Crippen molar-refractivity contribution < 1.29 is 0 Å². The molecule has 2 N–H and O–H groups in total. The molecule has 2 heteroatoms. The summed E-state index contributed by atoms with van der Waals surface area (Å²) in [6.07, 6.45) is 3.73. The molecule has 2 nitrogen and oxygen atoms in total. The summed E-state index contributed by atoms with van der Waals surface area (Å²) in [6.45, 7) is 6.68. The summed E-state index contributed by atoms with van der Waals surface area (Å²) in [5, 5.41) is 0. The Morgan fingerprint density at radius 2 is 2.18 bits per heavy atom. The fourth-order valence-corrected chi connectivity index (χ4v) is 3.25. The van der Waals surface area contributed by atoms with Gasteiger partial charge in [-0.15, -0.1) is 0 Å². The Balaban J connectivity index is 1.96. The number of hydrogen-bond acceptors (Lipinski definition) is 2. The third-order valence-corrected chi connectivity index (χ3v) is 4.69. The lowest BCUT2D eigenvalue weighted by molar-refractivity contribution is 0.556. The van der Waals surface area contributed by atoms with Gasteiger partial charge in [-0.1, -0.05) is 12.1 Å². The van der Waals surface area contributed by atoms with E-state index in [9.17, 15) is 0 Å². The van der Waals surface area contributed by atoms with Gasteiger partial charge in [-0.05, 0) is 50.3 Å². The quantitative estimate of drug-likeness (QED) is 0.864. The Kier molecular flexibility index (Phi) is 2.44. The van der Waals surface area contributed by atoms with Gasteiger partial charge >= 0.3 is 0 Å². The minimum atomic E-state index is 0.282. The summed E-state index contributed by atoms with van der Waals surface area (Å²) in [5.74, 6) is 0. The van der Waals surface area contributed by atoms with Crippen LogP contribution in [0.25, 0.3) is 0 Å². The molecule has 92 valence electrons. The number of benzene rings is 1. The topological polar surface area (TPSA) is 29.3 Å². The lowest BCUT2D eigenvalue weighted by atomic mass is 9.88. The highest BCUT2D eigenvalue weighted by molar-refractivity contribution is 5.60. The van der Waals surface area contributed by atoms with Crippen molar-refractivity contribution in [2.75, 3.05) is 18.0 Å². The molecule has 0 spiro atoms. The maximum Gasteiger partial charge on any atom is 0.0399 e. The molecule has 1 atom stereocenters. The van der Waals surface area contributed by atoms with Crippen LogP contribution < -0.4 is 10.6 Å². The van der Waals surface area contributed by atoms with Crippen molar-refractivity contribution in [3.8, 4) is 0 Å². The molecule has 1 unspecified atom stereocenters. The van der Waals surface area contributed by atoms with Crippen LogP contribution in [0.1, 0.15) is 37.8 Å². The zero-order chi connectivity index (χ0) is 12.0. The van der Waals surface area contributed by atoms with Crippen LogP contribution in [0.15, 0.2) is 18.2 Å². The standard InChI is InChI=1S/C15H22N2/c1-3-17-9-6-12-10-13(4-5-14(12)17)15(7-8-15)11(2)16/h4-5,10-11H,3,6-9,16H2,1-2H3. The van der Waals surface area contributed by atoms with E-state index in [1.165, 1.54) is 42.6 Å². The van der Waals surface area contributed by atoms with Crippen molar-refractivity contribution in [1.29, 1.82) is 0 Å². The summed E-state index contributed by atoms with van der Waals surface area (Å²) < 4.78 is 0. The van der Waals surface area contributed by atoms with Crippen molar-refractivity contribution in [1.82, 2.24) is 0 Å². The van der Waals surface area contributed by atoms with Crippen LogP contribution in [-0.2, 0) is 11.8 Å². The highest BCUT2D eigenvalue weighted by atomic mass is 15.1. The largest absolute Gasteiger partial charge is 0.371 e. The summed E-state index contributed by atoms with van der Waals surface area (Å²) >= 11 is 0. The molecular weight excluding hydrogens is 208 g/mol. The highest BCUT2D eigenvalue weighted by Gasteiger charge is 2.47. The van der Waals surface area contributed by atoms with Gasteiger partial charge in [0.05, 0.1) is 0 Å². The van der Waals surface area contributed by atoms with E-state index in [0.717, 1.165) is 6.54 Å². The third kappa shape index (κ3) is 1.58. The van der Waals surface area contributed by atoms with E-state index in [1.807, 2.05) is 0 Å². The Hall–Kier alpha value is -1.02. The first-order valence-corrected chi connectivity index (χ1v) is 6.81. The first kappa shape index (κ1) is 11.1. The second kappa shape index (κ2) is 3.74. The molecule has 0 bridgehead atoms. The Labute approximate surface area is 104 Å². The van der Waals surface area contributed by atoms with Gasteiger partial charge in [0.25, 0.3) is 0 Å². The molecule has 0 radical (unpaired) electrons. The summed E-state index contributed by atoms with van der Waals surface area (Å²) in [4.78, 5) is 2.46. The Bertz CT molecular complexity index is 433. The van der Waals surface area contributed by atoms with E-state index < -0.39 is 0 Å². The zero-order valence-electron chi connectivity index (χ0n) is 10.9. The van der Waals surface area contributed by atoms with Gasteiger partial charge in [0.2, 0.25) is 0 Å². The molecule has 0 amide bonds. The van der Waals surface area contributed by atoms with Gasteiger partial charge in [0.15, 0.2) is 0 Å². The summed E-state index contributed by atoms with van der Waals surface area (Å²) in [7, 11) is 0. The second-order valence-electron chi connectivity index (χ2n) is 5.62. The lowest BCUT2D eigenvalue weighted by Crippen LogP contribution is -2.31. The molecular formula is C15H22N2. The normalized spacial score (nSPS) is 22.4. The second-order valence-corrected chi connectivity index (χ2v) is 5.62. The fourth-order valence-electron chi connectivity index (χ4n) is 3.25. The molecule has 0 saturated heterocycles. The van der Waals surface area contributed by atoms with Crippen LogP contribution in [0.3, 0.4) is 0 Å². The first-order chi connectivity index (χ1) is 8.17. The maximum absolute atomic E-state index is 6.15. The van der Waals surface area contributed by atoms with Gasteiger partial charge in [0, 0.05) is 30.2 Å². The van der Waals surface area contributed by atoms with E-state index >= 15 is 0 Å². The van der Waals surface area contributed by atoms with E-state index in [2.05, 4.69) is 36.9 Å². The number of anilines is 1. The van der Waals surface area contributed by atoms with Crippen LogP contribution in [0.4, 0.5) is 5.69 Å². The number of likely N-dealkylation sites (N-methyl/N-ethyl adjacent to an activating group) is 1. The number of rotatable bonds is 3. The molecule has 3 rings (SSSR count). The maximum atomic E-state index is 6.15. The predicted octanol–water partition coefficient (Wildman–Crippen LogP) is 2.45. The SMILES string of the molecule is CCN1CCc2cc(C3(C(C)N)CC3)ccc21. The minimum Gasteiger partial charge on any atom is -0.371 e. The van der Waals surface area contributed by atoms with Gasteiger partial charge in [-0.25, -0.2) is 0 Å². The summed E-state index contributed by atoms with van der Waals surface area (Å²) in [5.41, 5.74) is 10.9. The molecule has 1 fully saturated rings. The van der Waals surface area contributed by atoms with E-state index in [1.54, 1.807) is 0 Å². The van der Waals surface area contributed by atoms with Crippen LogP contribution in [0.5, 0.6) is 0 Å². The van der Waals surface area contributed by atoms with Crippen molar-refractivity contribution in [2.24, 2.45) is 5.73 Å². The highest BCUT2D eigenvalue weighted by Crippen LogP contribution is 2.51. The van der Waals surface area contributed by atoms with E-state index in [-0.39, 0.29) is 6.04 Å². The van der Waals surface area contributed by atoms with Crippen molar-refractivity contribution >= 4 is 5.69 Å². The zero-order valence-corrected chi connectivity index (χ0v) is 10.9. The molecule has 1 heterocycles. The van der Waals surface area contributed by atoms with Gasteiger partial charge in [-0.3, -0.25) is 0 Å². The molecule has 1 aromatic carbocycles. The van der Waals surface area contributed by atoms with Crippen LogP contribution >= 0.6 is 0 Å². The van der Waals surface area contributed by atoms with Crippen molar-refractivity contribution in [3.05, 3.63) is 29.3 Å². The van der Waals surface area contributed by atoms with Crippen LogP contribution in [0.2, 0.25) is 0 Å². The minimum absolute atomic E-state index is 0.282. The predicted molar refractivity (Wildman–Crippen MR) is 72.6 cm³/mol. The monoisotopic (exact) mass is 230 g/mol. The summed E-state index contributed by atoms with van der Waals surface area (Å²) in [6, 6.07) is 7.32. The smallest absolute Gasteiger partial charge is 0.0399 e. The van der Waals surface area contributed by atoms with Crippen LogP contribution in [-0.4, -0.2) is 19.1 Å². The number of hydrogen-bond donors (Lipinski definition) is 1. The first-order valence-electron chi connectivity index (χ1n) is 6.81. The van der Waals surface area contributed by atoms with Crippen molar-refractivity contribution in [2.45, 2.75) is 44.6 Å². The Morgan fingerprint density at radius 3 is 2.76 bits per heavy atom. The molecule has 1 aliphatic heterocycles. The molecule has 0 aromatic heterocycles. The molecule has 1 saturated carbocycles. The average molecular weight is 230 g/mol. The van der Waals surface area contributed by atoms with Gasteiger partial charge in [-0.2, -0.15) is 0 Å². The number of nitrogens with two attached hydrogens (primary N) is 1. The Morgan fingerprint density at radius 1 is 1.41 bits per heavy atom. The average Bonchev–Trinajstić information content (AvgIpc) is 3.04. The lowest BCUT2D eigenvalue weighted by Gasteiger charge is -2.22.